The van der Waals surface area contributed by atoms with Crippen molar-refractivity contribution in [1.29, 1.82) is 0 Å². The van der Waals surface area contributed by atoms with Gasteiger partial charge in [-0.25, -0.2) is 4.79 Å². The molecule has 1 heterocycles. The Kier molecular flexibility index (Phi) is 11.4. The molecule has 4 amide bonds. The topological polar surface area (TPSA) is 127 Å². The monoisotopic (exact) mass is 579 g/mol. The number of amides is 4. The van der Waals surface area contributed by atoms with Gasteiger partial charge in [0.25, 0.3) is 11.8 Å². The lowest BCUT2D eigenvalue weighted by Crippen LogP contribution is -2.54. The molecular weight excluding hydrogens is 542 g/mol. The molecule has 4 aromatic rings. The van der Waals surface area contributed by atoms with E-state index >= 15 is 0 Å². The van der Waals surface area contributed by atoms with Gasteiger partial charge in [-0.15, -0.1) is 0 Å². The molecule has 3 aromatic carbocycles. The van der Waals surface area contributed by atoms with Crippen molar-refractivity contribution in [3.05, 3.63) is 131 Å². The van der Waals surface area contributed by atoms with Crippen LogP contribution in [0.3, 0.4) is 0 Å². The second kappa shape index (κ2) is 15.8. The zero-order chi connectivity index (χ0) is 30.4. The van der Waals surface area contributed by atoms with Crippen LogP contribution in [0.5, 0.6) is 5.75 Å². The van der Waals surface area contributed by atoms with E-state index in [1.807, 2.05) is 85.8 Å². The van der Waals surface area contributed by atoms with Crippen LogP contribution in [0.1, 0.15) is 39.5 Å². The number of benzene rings is 3. The van der Waals surface area contributed by atoms with E-state index in [1.165, 1.54) is 11.1 Å². The third-order valence-electron chi connectivity index (χ3n) is 6.88. The molecular formula is C34H37N5O4. The van der Waals surface area contributed by atoms with Crippen molar-refractivity contribution in [3.63, 3.8) is 0 Å². The lowest BCUT2D eigenvalue weighted by molar-refractivity contribution is -0.130. The summed E-state index contributed by atoms with van der Waals surface area (Å²) in [7, 11) is 0. The van der Waals surface area contributed by atoms with Crippen LogP contribution in [0.15, 0.2) is 103 Å². The molecule has 0 spiro atoms. The number of carbonyl (C=O) groups is 3. The summed E-state index contributed by atoms with van der Waals surface area (Å²) >= 11 is 0. The van der Waals surface area contributed by atoms with Crippen molar-refractivity contribution in [1.82, 2.24) is 20.5 Å². The van der Waals surface area contributed by atoms with E-state index in [0.29, 0.717) is 30.9 Å². The molecule has 0 aliphatic carbocycles. The Morgan fingerprint density at radius 2 is 1.56 bits per heavy atom. The van der Waals surface area contributed by atoms with Gasteiger partial charge in [0.05, 0.1) is 12.2 Å². The van der Waals surface area contributed by atoms with Crippen molar-refractivity contribution in [3.8, 4) is 5.75 Å². The van der Waals surface area contributed by atoms with E-state index < -0.39 is 23.9 Å². The van der Waals surface area contributed by atoms with Crippen LogP contribution in [0.2, 0.25) is 0 Å². The average molecular weight is 580 g/mol. The highest BCUT2D eigenvalue weighted by molar-refractivity contribution is 6.01. The first-order valence-electron chi connectivity index (χ1n) is 14.3. The standard InChI is InChI=1S/C34H37N5O4/c1-2-43-30-16-14-26(15-17-30)21-31(38-32(40)29-9-6-19-36-24-29)33(41)39(20-18-25-7-4-3-5-8-25)34(42)37-23-28-12-10-27(22-35)11-13-28/h3-17,19,24,31H,2,18,20-23,35H2,1H3,(H,37,42)(H,38,40)/t31-/m1/s1. The smallest absolute Gasteiger partial charge is 0.324 e. The summed E-state index contributed by atoms with van der Waals surface area (Å²) in [4.78, 5) is 46.1. The summed E-state index contributed by atoms with van der Waals surface area (Å²) in [6.45, 7) is 3.22. The first-order chi connectivity index (χ1) is 21.0. The number of nitrogens with zero attached hydrogens (tertiary/aromatic N) is 2. The number of pyridine rings is 1. The van der Waals surface area contributed by atoms with Crippen molar-refractivity contribution in [2.75, 3.05) is 13.2 Å². The van der Waals surface area contributed by atoms with Gasteiger partial charge in [0.2, 0.25) is 0 Å². The molecule has 9 nitrogen and oxygen atoms in total. The van der Waals surface area contributed by atoms with Gasteiger partial charge in [0.15, 0.2) is 0 Å². The Hall–Kier alpha value is -5.02. The molecule has 0 saturated heterocycles. The van der Waals surface area contributed by atoms with E-state index in [-0.39, 0.29) is 19.5 Å². The largest absolute Gasteiger partial charge is 0.494 e. The Labute approximate surface area is 252 Å². The Bertz CT molecular complexity index is 1460. The van der Waals surface area contributed by atoms with E-state index in [9.17, 15) is 14.4 Å². The second-order valence-corrected chi connectivity index (χ2v) is 9.95. The van der Waals surface area contributed by atoms with Crippen molar-refractivity contribution >= 4 is 17.8 Å². The van der Waals surface area contributed by atoms with Crippen LogP contribution < -0.4 is 21.1 Å². The minimum atomic E-state index is -1.02. The molecule has 0 fully saturated rings. The quantitative estimate of drug-likeness (QED) is 0.217. The number of ether oxygens (including phenoxy) is 1. The summed E-state index contributed by atoms with van der Waals surface area (Å²) in [5.74, 6) is -0.268. The zero-order valence-corrected chi connectivity index (χ0v) is 24.2. The first-order valence-corrected chi connectivity index (χ1v) is 14.3. The van der Waals surface area contributed by atoms with Crippen LogP contribution in [0.25, 0.3) is 0 Å². The molecule has 4 N–H and O–H groups in total. The molecule has 0 bridgehead atoms. The molecule has 1 atom stereocenters. The first kappa shape index (κ1) is 30.9. The molecule has 0 aliphatic rings. The third-order valence-corrected chi connectivity index (χ3v) is 6.88. The minimum Gasteiger partial charge on any atom is -0.494 e. The number of rotatable bonds is 13. The predicted octanol–water partition coefficient (Wildman–Crippen LogP) is 4.26. The molecule has 1 aromatic heterocycles. The predicted molar refractivity (Wildman–Crippen MR) is 165 cm³/mol. The molecule has 222 valence electrons. The summed E-state index contributed by atoms with van der Waals surface area (Å²) < 4.78 is 5.54. The van der Waals surface area contributed by atoms with Crippen LogP contribution >= 0.6 is 0 Å². The maximum absolute atomic E-state index is 14.1. The highest BCUT2D eigenvalue weighted by Gasteiger charge is 2.30. The fraction of sp³-hybridized carbons (Fsp3) is 0.235. The van der Waals surface area contributed by atoms with Gasteiger partial charge in [-0.3, -0.25) is 19.5 Å². The third kappa shape index (κ3) is 9.24. The average Bonchev–Trinajstić information content (AvgIpc) is 3.05. The van der Waals surface area contributed by atoms with Gasteiger partial charge < -0.3 is 21.1 Å². The van der Waals surface area contributed by atoms with Gasteiger partial charge >= 0.3 is 6.03 Å². The molecule has 0 radical (unpaired) electrons. The number of hydrogen-bond donors (Lipinski definition) is 3. The molecule has 4 rings (SSSR count). The zero-order valence-electron chi connectivity index (χ0n) is 24.2. The molecule has 9 heteroatoms. The SMILES string of the molecule is CCOc1ccc(C[C@@H](NC(=O)c2cccnc2)C(=O)N(CCc2ccccc2)C(=O)NCc2ccc(CN)cc2)cc1. The fourth-order valence-corrected chi connectivity index (χ4v) is 4.51. The van der Waals surface area contributed by atoms with E-state index in [0.717, 1.165) is 22.3 Å². The number of imide groups is 1. The van der Waals surface area contributed by atoms with Crippen molar-refractivity contribution in [2.45, 2.75) is 38.9 Å². The van der Waals surface area contributed by atoms with Gasteiger partial charge in [-0.05, 0) is 59.9 Å². The molecule has 0 aliphatic heterocycles. The van der Waals surface area contributed by atoms with E-state index in [2.05, 4.69) is 15.6 Å². The second-order valence-electron chi connectivity index (χ2n) is 9.95. The van der Waals surface area contributed by atoms with E-state index in [1.54, 1.807) is 18.3 Å². The lowest BCUT2D eigenvalue weighted by atomic mass is 10.0. The molecule has 0 saturated carbocycles. The van der Waals surface area contributed by atoms with Crippen LogP contribution in [-0.2, 0) is 30.7 Å². The van der Waals surface area contributed by atoms with Crippen molar-refractivity contribution in [2.24, 2.45) is 5.73 Å². The maximum atomic E-state index is 14.1. The van der Waals surface area contributed by atoms with Gasteiger partial charge in [0, 0.05) is 38.4 Å². The highest BCUT2D eigenvalue weighted by Crippen LogP contribution is 2.15. The van der Waals surface area contributed by atoms with Crippen LogP contribution in [0.4, 0.5) is 4.79 Å². The summed E-state index contributed by atoms with van der Waals surface area (Å²) in [6, 6.07) is 26.3. The van der Waals surface area contributed by atoms with Crippen molar-refractivity contribution < 1.29 is 19.1 Å². The maximum Gasteiger partial charge on any atom is 0.324 e. The summed E-state index contributed by atoms with van der Waals surface area (Å²) in [5, 5.41) is 5.72. The molecule has 43 heavy (non-hydrogen) atoms. The van der Waals surface area contributed by atoms with Crippen LogP contribution in [0, 0.1) is 0 Å². The Morgan fingerprint density at radius 3 is 2.21 bits per heavy atom. The number of urea groups is 1. The van der Waals surface area contributed by atoms with Gasteiger partial charge in [0.1, 0.15) is 11.8 Å². The number of aromatic nitrogens is 1. The summed E-state index contributed by atoms with van der Waals surface area (Å²) in [6.07, 6.45) is 3.63. The number of hydrogen-bond acceptors (Lipinski definition) is 6. The Balaban J connectivity index is 1.58. The molecule has 0 unspecified atom stereocenters. The lowest BCUT2D eigenvalue weighted by Gasteiger charge is -2.27. The fourth-order valence-electron chi connectivity index (χ4n) is 4.51. The number of carbonyl (C=O) groups excluding carboxylic acids is 3. The van der Waals surface area contributed by atoms with Gasteiger partial charge in [-0.1, -0.05) is 66.7 Å². The number of nitrogens with two attached hydrogens (primary N) is 1. The normalized spacial score (nSPS) is 11.3. The number of nitrogens with one attached hydrogen (secondary N) is 2. The minimum absolute atomic E-state index is 0.128. The highest BCUT2D eigenvalue weighted by atomic mass is 16.5. The Morgan fingerprint density at radius 1 is 0.860 bits per heavy atom. The van der Waals surface area contributed by atoms with E-state index in [4.69, 9.17) is 10.5 Å². The summed E-state index contributed by atoms with van der Waals surface area (Å²) in [5.41, 5.74) is 9.65. The van der Waals surface area contributed by atoms with Crippen LogP contribution in [-0.4, -0.2) is 46.9 Å². The van der Waals surface area contributed by atoms with Gasteiger partial charge in [-0.2, -0.15) is 0 Å².